The highest BCUT2D eigenvalue weighted by Gasteiger charge is 2.33. The van der Waals surface area contributed by atoms with E-state index in [9.17, 15) is 9.18 Å². The molecule has 0 amide bonds. The van der Waals surface area contributed by atoms with Crippen molar-refractivity contribution in [3.05, 3.63) is 30.1 Å². The van der Waals surface area contributed by atoms with E-state index in [-0.39, 0.29) is 17.7 Å². The minimum atomic E-state index is -0.309. The lowest BCUT2D eigenvalue weighted by atomic mass is 9.68. The Morgan fingerprint density at radius 3 is 2.07 bits per heavy atom. The molecule has 29 heavy (non-hydrogen) atoms. The van der Waals surface area contributed by atoms with Gasteiger partial charge in [0.25, 0.3) is 0 Å². The molecule has 1 aromatic carbocycles. The first-order chi connectivity index (χ1) is 14.2. The number of benzene rings is 1. The number of ether oxygens (including phenoxy) is 1. The Kier molecular flexibility index (Phi) is 9.01. The molecular weight excluding hydrogens is 363 g/mol. The lowest BCUT2D eigenvalue weighted by molar-refractivity contribution is -0.140. The van der Waals surface area contributed by atoms with Crippen LogP contribution in [0.25, 0.3) is 0 Å². The SMILES string of the molecule is CCCCCCC[C@H]1CC[C@H]([C@H]2CC[C@H](C(=O)Oc3ccc(F)cc3)CC2)CC1. The van der Waals surface area contributed by atoms with Crippen LogP contribution >= 0.6 is 0 Å². The highest BCUT2D eigenvalue weighted by atomic mass is 19.1. The molecule has 3 rings (SSSR count). The first-order valence-electron chi connectivity index (χ1n) is 12.1. The molecule has 0 radical (unpaired) electrons. The largest absolute Gasteiger partial charge is 0.426 e. The maximum absolute atomic E-state index is 13.0. The maximum Gasteiger partial charge on any atom is 0.314 e. The quantitative estimate of drug-likeness (QED) is 0.240. The normalized spacial score (nSPS) is 27.5. The van der Waals surface area contributed by atoms with E-state index in [4.69, 9.17) is 4.74 Å². The first-order valence-corrected chi connectivity index (χ1v) is 12.1. The van der Waals surface area contributed by atoms with Crippen molar-refractivity contribution in [2.75, 3.05) is 0 Å². The van der Waals surface area contributed by atoms with Gasteiger partial charge in [0.15, 0.2) is 0 Å². The van der Waals surface area contributed by atoms with Gasteiger partial charge in [0.2, 0.25) is 0 Å². The monoisotopic (exact) mass is 402 g/mol. The fraction of sp³-hybridized carbons (Fsp3) is 0.731. The third-order valence-electron chi connectivity index (χ3n) is 7.41. The van der Waals surface area contributed by atoms with Crippen LogP contribution in [0, 0.1) is 29.5 Å². The lowest BCUT2D eigenvalue weighted by Gasteiger charge is -2.37. The zero-order valence-electron chi connectivity index (χ0n) is 18.2. The molecule has 2 fully saturated rings. The average molecular weight is 403 g/mol. The molecule has 0 N–H and O–H groups in total. The van der Waals surface area contributed by atoms with Crippen molar-refractivity contribution in [2.24, 2.45) is 23.7 Å². The Hall–Kier alpha value is -1.38. The van der Waals surface area contributed by atoms with Crippen molar-refractivity contribution in [1.29, 1.82) is 0 Å². The molecule has 2 aliphatic rings. The van der Waals surface area contributed by atoms with Crippen molar-refractivity contribution in [1.82, 2.24) is 0 Å². The van der Waals surface area contributed by atoms with Gasteiger partial charge in [-0.15, -0.1) is 0 Å². The van der Waals surface area contributed by atoms with Crippen LogP contribution in [0.3, 0.4) is 0 Å². The number of carbonyl (C=O) groups is 1. The Bertz CT molecular complexity index is 596. The second kappa shape index (κ2) is 11.7. The average Bonchev–Trinajstić information content (AvgIpc) is 2.76. The fourth-order valence-corrected chi connectivity index (χ4v) is 5.51. The summed E-state index contributed by atoms with van der Waals surface area (Å²) in [6, 6.07) is 5.73. The smallest absolute Gasteiger partial charge is 0.314 e. The first kappa shape index (κ1) is 22.3. The molecular formula is C26H39FO2. The second-order valence-corrected chi connectivity index (χ2v) is 9.47. The molecule has 2 aliphatic carbocycles. The van der Waals surface area contributed by atoms with E-state index in [1.807, 2.05) is 0 Å². The van der Waals surface area contributed by atoms with E-state index in [2.05, 4.69) is 6.92 Å². The summed E-state index contributed by atoms with van der Waals surface area (Å²) >= 11 is 0. The molecule has 3 heteroatoms. The molecule has 0 bridgehead atoms. The zero-order chi connectivity index (χ0) is 20.5. The van der Waals surface area contributed by atoms with Crippen LogP contribution in [0.5, 0.6) is 5.75 Å². The number of esters is 1. The van der Waals surface area contributed by atoms with E-state index in [0.717, 1.165) is 43.4 Å². The zero-order valence-corrected chi connectivity index (χ0v) is 18.2. The third kappa shape index (κ3) is 7.12. The van der Waals surface area contributed by atoms with Gasteiger partial charge >= 0.3 is 5.97 Å². The standard InChI is InChI=1S/C26H39FO2/c1-2-3-4-5-6-7-20-8-10-21(11-9-20)22-12-14-23(15-13-22)26(28)29-25-18-16-24(27)17-19-25/h16-23H,2-15H2,1H3/t20-,21-,22-,23-. The number of halogens is 1. The predicted molar refractivity (Wildman–Crippen MR) is 116 cm³/mol. The van der Waals surface area contributed by atoms with Crippen molar-refractivity contribution in [3.8, 4) is 5.75 Å². The number of rotatable bonds is 9. The summed E-state index contributed by atoms with van der Waals surface area (Å²) in [4.78, 5) is 12.4. The highest BCUT2D eigenvalue weighted by molar-refractivity contribution is 5.75. The maximum atomic E-state index is 13.0. The Balaban J connectivity index is 1.32. The summed E-state index contributed by atoms with van der Waals surface area (Å²) in [5, 5.41) is 0. The van der Waals surface area contributed by atoms with E-state index < -0.39 is 0 Å². The van der Waals surface area contributed by atoms with Gasteiger partial charge in [0.05, 0.1) is 5.92 Å². The van der Waals surface area contributed by atoms with Gasteiger partial charge in [-0.1, -0.05) is 58.3 Å². The number of unbranched alkanes of at least 4 members (excludes halogenated alkanes) is 4. The van der Waals surface area contributed by atoms with Gasteiger partial charge in [-0.25, -0.2) is 4.39 Å². The van der Waals surface area contributed by atoms with Crippen molar-refractivity contribution >= 4 is 5.97 Å². The van der Waals surface area contributed by atoms with Crippen molar-refractivity contribution in [3.63, 3.8) is 0 Å². The molecule has 0 atom stereocenters. The Morgan fingerprint density at radius 1 is 0.862 bits per heavy atom. The van der Waals surface area contributed by atoms with E-state index in [0.29, 0.717) is 5.75 Å². The molecule has 0 aromatic heterocycles. The molecule has 162 valence electrons. The fourth-order valence-electron chi connectivity index (χ4n) is 5.51. The van der Waals surface area contributed by atoms with Gasteiger partial charge in [0, 0.05) is 0 Å². The minimum absolute atomic E-state index is 0.00997. The predicted octanol–water partition coefficient (Wildman–Crippen LogP) is 7.70. The lowest BCUT2D eigenvalue weighted by Crippen LogP contribution is -2.30. The van der Waals surface area contributed by atoms with E-state index >= 15 is 0 Å². The number of carbonyl (C=O) groups excluding carboxylic acids is 1. The molecule has 0 spiro atoms. The molecule has 0 unspecified atom stereocenters. The topological polar surface area (TPSA) is 26.3 Å². The molecule has 0 aliphatic heterocycles. The van der Waals surface area contributed by atoms with Crippen LogP contribution in [0.4, 0.5) is 4.39 Å². The van der Waals surface area contributed by atoms with Crippen LogP contribution in [0.15, 0.2) is 24.3 Å². The van der Waals surface area contributed by atoms with Crippen LogP contribution < -0.4 is 4.74 Å². The second-order valence-electron chi connectivity index (χ2n) is 9.47. The van der Waals surface area contributed by atoms with E-state index in [1.165, 1.54) is 88.5 Å². The number of hydrogen-bond donors (Lipinski definition) is 0. The van der Waals surface area contributed by atoms with Crippen LogP contribution in [-0.4, -0.2) is 5.97 Å². The van der Waals surface area contributed by atoms with Gasteiger partial charge < -0.3 is 4.74 Å². The van der Waals surface area contributed by atoms with E-state index in [1.54, 1.807) is 0 Å². The summed E-state index contributed by atoms with van der Waals surface area (Å²) < 4.78 is 18.4. The Labute approximate surface area is 176 Å². The summed E-state index contributed by atoms with van der Waals surface area (Å²) in [5.74, 6) is 2.66. The summed E-state index contributed by atoms with van der Waals surface area (Å²) in [5.41, 5.74) is 0. The molecule has 0 saturated heterocycles. The Morgan fingerprint density at radius 2 is 1.45 bits per heavy atom. The van der Waals surface area contributed by atoms with Gasteiger partial charge in [-0.3, -0.25) is 4.79 Å². The summed E-state index contributed by atoms with van der Waals surface area (Å²) in [7, 11) is 0. The van der Waals surface area contributed by atoms with Crippen LogP contribution in [0.2, 0.25) is 0 Å². The van der Waals surface area contributed by atoms with Gasteiger partial charge in [0.1, 0.15) is 11.6 Å². The molecule has 1 aromatic rings. The number of hydrogen-bond acceptors (Lipinski definition) is 2. The molecule has 2 nitrogen and oxygen atoms in total. The van der Waals surface area contributed by atoms with Crippen molar-refractivity contribution < 1.29 is 13.9 Å². The summed E-state index contributed by atoms with van der Waals surface area (Å²) in [6.07, 6.45) is 18.3. The minimum Gasteiger partial charge on any atom is -0.426 e. The molecule has 0 heterocycles. The summed E-state index contributed by atoms with van der Waals surface area (Å²) in [6.45, 7) is 2.28. The molecule has 2 saturated carbocycles. The van der Waals surface area contributed by atoms with Crippen molar-refractivity contribution in [2.45, 2.75) is 96.8 Å². The van der Waals surface area contributed by atoms with Crippen LogP contribution in [-0.2, 0) is 4.79 Å². The highest BCUT2D eigenvalue weighted by Crippen LogP contribution is 2.42. The van der Waals surface area contributed by atoms with Crippen LogP contribution in [0.1, 0.15) is 96.8 Å². The van der Waals surface area contributed by atoms with Gasteiger partial charge in [-0.05, 0) is 80.5 Å². The third-order valence-corrected chi connectivity index (χ3v) is 7.41. The van der Waals surface area contributed by atoms with Gasteiger partial charge in [-0.2, -0.15) is 0 Å².